The van der Waals surface area contributed by atoms with Gasteiger partial charge in [-0.3, -0.25) is 4.79 Å². The first kappa shape index (κ1) is 6.23. The molecule has 1 fully saturated rings. The molecule has 1 N–H and O–H groups in total. The number of Topliss-reactive ketones (excluding diaryl/α,β-unsaturated/α-hetero) is 1. The lowest BCUT2D eigenvalue weighted by atomic mass is 10.1. The lowest BCUT2D eigenvalue weighted by molar-refractivity contribution is -0.119. The molecule has 46 valence electrons. The Bertz CT molecular complexity index is 105. The summed E-state index contributed by atoms with van der Waals surface area (Å²) < 4.78 is 0. The second-order valence-electron chi connectivity index (χ2n) is 1.89. The maximum absolute atomic E-state index is 10.7. The zero-order valence-electron chi connectivity index (χ0n) is 4.48. The van der Waals surface area contributed by atoms with Crippen molar-refractivity contribution in [2.45, 2.75) is 11.2 Å². The van der Waals surface area contributed by atoms with E-state index in [1.807, 2.05) is 0 Å². The number of nitrogens with one attached hydrogen (secondary N) is 1. The van der Waals surface area contributed by atoms with Gasteiger partial charge in [0.2, 0.25) is 0 Å². The van der Waals surface area contributed by atoms with Crippen molar-refractivity contribution in [3.05, 3.63) is 0 Å². The molecule has 1 aliphatic rings. The summed E-state index contributed by atoms with van der Waals surface area (Å²) in [6.07, 6.45) is 0.677. The molecule has 1 aliphatic heterocycles. The van der Waals surface area contributed by atoms with Crippen molar-refractivity contribution in [2.24, 2.45) is 0 Å². The first-order valence-electron chi connectivity index (χ1n) is 2.68. The maximum atomic E-state index is 10.7. The highest BCUT2D eigenvalue weighted by Crippen LogP contribution is 2.05. The molecular weight excluding hydrogens is 170 g/mol. The van der Waals surface area contributed by atoms with E-state index in [0.717, 1.165) is 13.1 Å². The molecule has 0 radical (unpaired) electrons. The van der Waals surface area contributed by atoms with Crippen molar-refractivity contribution in [3.63, 3.8) is 0 Å². The van der Waals surface area contributed by atoms with Crippen LogP contribution in [0.5, 0.6) is 0 Å². The highest BCUT2D eigenvalue weighted by atomic mass is 79.9. The van der Waals surface area contributed by atoms with Crippen LogP contribution in [-0.4, -0.2) is 23.7 Å². The number of alkyl halides is 1. The standard InChI is InChI=1S/C5H8BrNO/c6-4-3-7-2-1-5(4)8/h4,7H,1-3H2/t4-/m0/s1. The van der Waals surface area contributed by atoms with Crippen LogP contribution in [0.15, 0.2) is 0 Å². The van der Waals surface area contributed by atoms with Gasteiger partial charge < -0.3 is 5.32 Å². The van der Waals surface area contributed by atoms with Gasteiger partial charge in [-0.25, -0.2) is 0 Å². The Labute approximate surface area is 56.8 Å². The van der Waals surface area contributed by atoms with Gasteiger partial charge in [0.05, 0.1) is 4.83 Å². The van der Waals surface area contributed by atoms with E-state index in [-0.39, 0.29) is 4.83 Å². The average Bonchev–Trinajstić information content (AvgIpc) is 1.77. The fourth-order valence-corrected chi connectivity index (χ4v) is 1.17. The number of hydrogen-bond donors (Lipinski definition) is 1. The van der Waals surface area contributed by atoms with Crippen LogP contribution in [0.1, 0.15) is 6.42 Å². The predicted molar refractivity (Wildman–Crippen MR) is 35.2 cm³/mol. The van der Waals surface area contributed by atoms with E-state index in [2.05, 4.69) is 21.2 Å². The molecule has 0 unspecified atom stereocenters. The highest BCUT2D eigenvalue weighted by molar-refractivity contribution is 9.10. The monoisotopic (exact) mass is 177 g/mol. The Morgan fingerprint density at radius 2 is 2.50 bits per heavy atom. The summed E-state index contributed by atoms with van der Waals surface area (Å²) in [6, 6.07) is 0. The Kier molecular flexibility index (Phi) is 2.02. The van der Waals surface area contributed by atoms with E-state index in [0.29, 0.717) is 12.2 Å². The molecule has 0 saturated carbocycles. The smallest absolute Gasteiger partial charge is 0.149 e. The number of carbonyl (C=O) groups is 1. The van der Waals surface area contributed by atoms with Gasteiger partial charge in [0.1, 0.15) is 5.78 Å². The molecule has 1 heterocycles. The molecule has 8 heavy (non-hydrogen) atoms. The van der Waals surface area contributed by atoms with Crippen LogP contribution in [0.25, 0.3) is 0 Å². The average molecular weight is 178 g/mol. The van der Waals surface area contributed by atoms with Crippen LogP contribution in [-0.2, 0) is 4.79 Å². The van der Waals surface area contributed by atoms with Crippen molar-refractivity contribution in [2.75, 3.05) is 13.1 Å². The summed E-state index contributed by atoms with van der Waals surface area (Å²) >= 11 is 3.24. The Balaban J connectivity index is 2.39. The fraction of sp³-hybridized carbons (Fsp3) is 0.800. The van der Waals surface area contributed by atoms with Gasteiger partial charge in [-0.15, -0.1) is 0 Å². The quantitative estimate of drug-likeness (QED) is 0.541. The predicted octanol–water partition coefficient (Wildman–Crippen LogP) is 0.312. The van der Waals surface area contributed by atoms with Gasteiger partial charge in [-0.2, -0.15) is 0 Å². The lowest BCUT2D eigenvalue weighted by Gasteiger charge is -2.15. The molecule has 1 atom stereocenters. The molecule has 0 amide bonds. The second kappa shape index (κ2) is 2.60. The molecule has 0 aliphatic carbocycles. The number of rotatable bonds is 0. The number of piperidine rings is 1. The number of halogens is 1. The van der Waals surface area contributed by atoms with E-state index in [1.165, 1.54) is 0 Å². The largest absolute Gasteiger partial charge is 0.315 e. The SMILES string of the molecule is O=C1CCNC[C@@H]1Br. The van der Waals surface area contributed by atoms with Crippen LogP contribution < -0.4 is 5.32 Å². The fourth-order valence-electron chi connectivity index (χ4n) is 0.711. The van der Waals surface area contributed by atoms with E-state index >= 15 is 0 Å². The summed E-state index contributed by atoms with van der Waals surface area (Å²) in [5.41, 5.74) is 0. The molecule has 1 rings (SSSR count). The van der Waals surface area contributed by atoms with Gasteiger partial charge in [0, 0.05) is 19.5 Å². The molecule has 1 saturated heterocycles. The van der Waals surface area contributed by atoms with Gasteiger partial charge >= 0.3 is 0 Å². The maximum Gasteiger partial charge on any atom is 0.149 e. The second-order valence-corrected chi connectivity index (χ2v) is 2.99. The van der Waals surface area contributed by atoms with Gasteiger partial charge in [-0.05, 0) is 0 Å². The molecule has 0 spiro atoms. The molecular formula is C5H8BrNO. The van der Waals surface area contributed by atoms with Crippen molar-refractivity contribution in [1.29, 1.82) is 0 Å². The van der Waals surface area contributed by atoms with E-state index in [1.54, 1.807) is 0 Å². The van der Waals surface area contributed by atoms with Crippen molar-refractivity contribution < 1.29 is 4.79 Å². The third-order valence-corrected chi connectivity index (χ3v) is 2.06. The normalized spacial score (nSPS) is 30.6. The van der Waals surface area contributed by atoms with Gasteiger partial charge in [-0.1, -0.05) is 15.9 Å². The molecule has 0 bridgehead atoms. The first-order valence-corrected chi connectivity index (χ1v) is 3.60. The zero-order valence-corrected chi connectivity index (χ0v) is 6.07. The van der Waals surface area contributed by atoms with E-state index < -0.39 is 0 Å². The highest BCUT2D eigenvalue weighted by Gasteiger charge is 2.17. The summed E-state index contributed by atoms with van der Waals surface area (Å²) in [5, 5.41) is 3.10. The van der Waals surface area contributed by atoms with E-state index in [9.17, 15) is 4.79 Å². The minimum atomic E-state index is 0.0660. The zero-order chi connectivity index (χ0) is 5.98. The van der Waals surface area contributed by atoms with Crippen LogP contribution >= 0.6 is 15.9 Å². The minimum absolute atomic E-state index is 0.0660. The number of carbonyl (C=O) groups excluding carboxylic acids is 1. The summed E-state index contributed by atoms with van der Waals surface area (Å²) in [4.78, 5) is 10.8. The molecule has 0 aromatic heterocycles. The number of hydrogen-bond acceptors (Lipinski definition) is 2. The Hall–Kier alpha value is 0.110. The third kappa shape index (κ3) is 1.29. The summed E-state index contributed by atoms with van der Waals surface area (Å²) in [7, 11) is 0. The van der Waals surface area contributed by atoms with Crippen LogP contribution in [0, 0.1) is 0 Å². The molecule has 0 aromatic carbocycles. The Morgan fingerprint density at radius 3 is 2.88 bits per heavy atom. The van der Waals surface area contributed by atoms with Crippen LogP contribution in [0.2, 0.25) is 0 Å². The molecule has 2 nitrogen and oxygen atoms in total. The first-order chi connectivity index (χ1) is 3.80. The molecule has 0 aromatic rings. The minimum Gasteiger partial charge on any atom is -0.315 e. The topological polar surface area (TPSA) is 29.1 Å². The third-order valence-electron chi connectivity index (χ3n) is 1.22. The summed E-state index contributed by atoms with van der Waals surface area (Å²) in [5.74, 6) is 0.323. The van der Waals surface area contributed by atoms with Crippen LogP contribution in [0.4, 0.5) is 0 Å². The summed E-state index contributed by atoms with van der Waals surface area (Å²) in [6.45, 7) is 1.64. The van der Waals surface area contributed by atoms with Crippen molar-refractivity contribution in [3.8, 4) is 0 Å². The van der Waals surface area contributed by atoms with Gasteiger partial charge in [0.15, 0.2) is 0 Å². The number of ketones is 1. The van der Waals surface area contributed by atoms with E-state index in [4.69, 9.17) is 0 Å². The lowest BCUT2D eigenvalue weighted by Crippen LogP contribution is -2.37. The van der Waals surface area contributed by atoms with Crippen molar-refractivity contribution >= 4 is 21.7 Å². The van der Waals surface area contributed by atoms with Crippen LogP contribution in [0.3, 0.4) is 0 Å². The Morgan fingerprint density at radius 1 is 1.75 bits per heavy atom. The van der Waals surface area contributed by atoms with Gasteiger partial charge in [0.25, 0.3) is 0 Å². The molecule has 3 heteroatoms. The van der Waals surface area contributed by atoms with Crippen molar-refractivity contribution in [1.82, 2.24) is 5.32 Å².